The summed E-state index contributed by atoms with van der Waals surface area (Å²) in [5.74, 6) is 0.339. The topological polar surface area (TPSA) is 78.6 Å². The molecule has 0 aromatic rings. The number of primary amides is 1. The van der Waals surface area contributed by atoms with Gasteiger partial charge in [0.05, 0.1) is 13.2 Å². The summed E-state index contributed by atoms with van der Waals surface area (Å²) in [5, 5.41) is 0. The van der Waals surface area contributed by atoms with Crippen LogP contribution in [0, 0.1) is 0 Å². The Hall–Kier alpha value is -1.10. The van der Waals surface area contributed by atoms with Gasteiger partial charge < -0.3 is 15.2 Å². The molecule has 1 amide bonds. The molecule has 1 saturated heterocycles. The lowest BCUT2D eigenvalue weighted by Crippen LogP contribution is -2.27. The van der Waals surface area contributed by atoms with Crippen LogP contribution < -0.4 is 5.73 Å². The van der Waals surface area contributed by atoms with E-state index in [1.165, 1.54) is 0 Å². The number of Topliss-reactive ketones (excluding diaryl/α,β-unsaturated/α-hetero) is 1. The largest absolute Gasteiger partial charge is 0.444 e. The standard InChI is InChI=1S/C5H11NO2.C5H8O2/c1-5(2,3)8-4(6)7;6-5-1-3-7-4-2-5/h1-3H3,(H2,6,7);1-4H2. The maximum atomic E-state index is 10.4. The lowest BCUT2D eigenvalue weighted by Gasteiger charge is -2.16. The highest BCUT2D eigenvalue weighted by atomic mass is 16.6. The number of hydrogen-bond acceptors (Lipinski definition) is 4. The Morgan fingerprint density at radius 1 is 1.33 bits per heavy atom. The first-order chi connectivity index (χ1) is 6.81. The molecule has 2 N–H and O–H groups in total. The summed E-state index contributed by atoms with van der Waals surface area (Å²) in [5.41, 5.74) is 4.26. The average Bonchev–Trinajstić information content (AvgIpc) is 2.01. The fourth-order valence-electron chi connectivity index (χ4n) is 0.901. The summed E-state index contributed by atoms with van der Waals surface area (Å²) in [6.45, 7) is 6.56. The zero-order chi connectivity index (χ0) is 11.9. The van der Waals surface area contributed by atoms with Crippen LogP contribution in [0.2, 0.25) is 0 Å². The Morgan fingerprint density at radius 3 is 1.93 bits per heavy atom. The van der Waals surface area contributed by atoms with Crippen molar-refractivity contribution in [2.75, 3.05) is 13.2 Å². The van der Waals surface area contributed by atoms with Gasteiger partial charge in [0.2, 0.25) is 0 Å². The Bertz CT molecular complexity index is 212. The summed E-state index contributed by atoms with van der Waals surface area (Å²) in [6.07, 6.45) is 0.525. The van der Waals surface area contributed by atoms with Crippen molar-refractivity contribution in [1.82, 2.24) is 0 Å². The number of carbonyl (C=O) groups is 2. The molecular formula is C10H19NO4. The molecule has 0 spiro atoms. The molecule has 15 heavy (non-hydrogen) atoms. The monoisotopic (exact) mass is 217 g/mol. The van der Waals surface area contributed by atoms with E-state index in [2.05, 4.69) is 4.74 Å². The van der Waals surface area contributed by atoms with E-state index in [0.717, 1.165) is 0 Å². The van der Waals surface area contributed by atoms with E-state index in [4.69, 9.17) is 10.5 Å². The van der Waals surface area contributed by atoms with Crippen molar-refractivity contribution in [1.29, 1.82) is 0 Å². The summed E-state index contributed by atoms with van der Waals surface area (Å²) >= 11 is 0. The minimum absolute atomic E-state index is 0.339. The van der Waals surface area contributed by atoms with E-state index in [-0.39, 0.29) is 0 Å². The molecule has 1 fully saturated rings. The van der Waals surface area contributed by atoms with Crippen molar-refractivity contribution in [2.45, 2.75) is 39.2 Å². The zero-order valence-electron chi connectivity index (χ0n) is 9.54. The molecule has 0 unspecified atom stereocenters. The van der Waals surface area contributed by atoms with E-state index in [1.807, 2.05) is 0 Å². The second-order valence-electron chi connectivity index (χ2n) is 4.18. The average molecular weight is 217 g/mol. The number of rotatable bonds is 0. The van der Waals surface area contributed by atoms with Gasteiger partial charge in [-0.1, -0.05) is 0 Å². The molecule has 0 saturated carbocycles. The number of ketones is 1. The van der Waals surface area contributed by atoms with Crippen molar-refractivity contribution < 1.29 is 19.1 Å². The molecule has 1 heterocycles. The fourth-order valence-corrected chi connectivity index (χ4v) is 0.901. The SMILES string of the molecule is CC(C)(C)OC(N)=O.O=C1CCOCC1. The highest BCUT2D eigenvalue weighted by Gasteiger charge is 2.12. The highest BCUT2D eigenvalue weighted by molar-refractivity contribution is 5.79. The molecular weight excluding hydrogens is 198 g/mol. The van der Waals surface area contributed by atoms with Crippen LogP contribution in [0.4, 0.5) is 4.79 Å². The van der Waals surface area contributed by atoms with Gasteiger partial charge in [0, 0.05) is 12.8 Å². The van der Waals surface area contributed by atoms with Crippen LogP contribution in [-0.4, -0.2) is 30.7 Å². The van der Waals surface area contributed by atoms with Crippen molar-refractivity contribution in [3.8, 4) is 0 Å². The Morgan fingerprint density at radius 2 is 1.80 bits per heavy atom. The molecule has 0 aromatic heterocycles. The molecule has 1 rings (SSSR count). The first-order valence-corrected chi connectivity index (χ1v) is 4.89. The van der Waals surface area contributed by atoms with Crippen molar-refractivity contribution >= 4 is 11.9 Å². The second-order valence-corrected chi connectivity index (χ2v) is 4.18. The quantitative estimate of drug-likeness (QED) is 0.662. The first-order valence-electron chi connectivity index (χ1n) is 4.89. The van der Waals surface area contributed by atoms with Gasteiger partial charge in [-0.25, -0.2) is 4.79 Å². The molecule has 5 heteroatoms. The van der Waals surface area contributed by atoms with E-state index >= 15 is 0 Å². The molecule has 88 valence electrons. The van der Waals surface area contributed by atoms with Crippen molar-refractivity contribution in [3.05, 3.63) is 0 Å². The number of ether oxygens (including phenoxy) is 2. The van der Waals surface area contributed by atoms with E-state index in [9.17, 15) is 9.59 Å². The molecule has 1 aliphatic heterocycles. The van der Waals surface area contributed by atoms with Gasteiger partial charge in [0.1, 0.15) is 11.4 Å². The third kappa shape index (κ3) is 10.8. The molecule has 0 atom stereocenters. The van der Waals surface area contributed by atoms with Crippen LogP contribution in [0.1, 0.15) is 33.6 Å². The molecule has 1 aliphatic rings. The molecule has 0 bridgehead atoms. The molecule has 0 radical (unpaired) electrons. The fraction of sp³-hybridized carbons (Fsp3) is 0.800. The minimum atomic E-state index is -0.725. The Kier molecular flexibility index (Phi) is 5.93. The van der Waals surface area contributed by atoms with E-state index in [0.29, 0.717) is 31.8 Å². The predicted octanol–water partition coefficient (Wildman–Crippen LogP) is 1.25. The Balaban J connectivity index is 0.000000262. The number of hydrogen-bond donors (Lipinski definition) is 1. The van der Waals surface area contributed by atoms with Gasteiger partial charge in [0.25, 0.3) is 0 Å². The van der Waals surface area contributed by atoms with Crippen LogP contribution in [0.5, 0.6) is 0 Å². The summed E-state index contributed by atoms with van der Waals surface area (Å²) in [4.78, 5) is 20.4. The second kappa shape index (κ2) is 6.40. The number of carbonyl (C=O) groups excluding carboxylic acids is 2. The normalized spacial score (nSPS) is 16.3. The maximum Gasteiger partial charge on any atom is 0.405 e. The van der Waals surface area contributed by atoms with Crippen LogP contribution >= 0.6 is 0 Å². The first kappa shape index (κ1) is 13.9. The Labute approximate surface area is 89.9 Å². The third-order valence-electron chi connectivity index (χ3n) is 1.46. The smallest absolute Gasteiger partial charge is 0.405 e. The predicted molar refractivity (Wildman–Crippen MR) is 55.5 cm³/mol. The summed E-state index contributed by atoms with van der Waals surface area (Å²) in [7, 11) is 0. The van der Waals surface area contributed by atoms with E-state index < -0.39 is 11.7 Å². The van der Waals surface area contributed by atoms with Gasteiger partial charge >= 0.3 is 6.09 Å². The van der Waals surface area contributed by atoms with Crippen LogP contribution in [-0.2, 0) is 14.3 Å². The van der Waals surface area contributed by atoms with Gasteiger partial charge in [-0.3, -0.25) is 4.79 Å². The maximum absolute atomic E-state index is 10.4. The van der Waals surface area contributed by atoms with E-state index in [1.54, 1.807) is 20.8 Å². The van der Waals surface area contributed by atoms with Crippen LogP contribution in [0.25, 0.3) is 0 Å². The lowest BCUT2D eigenvalue weighted by molar-refractivity contribution is -0.124. The summed E-state index contributed by atoms with van der Waals surface area (Å²) in [6, 6.07) is 0. The zero-order valence-corrected chi connectivity index (χ0v) is 9.54. The van der Waals surface area contributed by atoms with Crippen LogP contribution in [0.3, 0.4) is 0 Å². The van der Waals surface area contributed by atoms with Gasteiger partial charge in [-0.15, -0.1) is 0 Å². The van der Waals surface area contributed by atoms with Gasteiger partial charge in [-0.05, 0) is 20.8 Å². The summed E-state index contributed by atoms with van der Waals surface area (Å²) < 4.78 is 9.50. The number of nitrogens with two attached hydrogens (primary N) is 1. The van der Waals surface area contributed by atoms with Crippen molar-refractivity contribution in [3.63, 3.8) is 0 Å². The van der Waals surface area contributed by atoms with Gasteiger partial charge in [-0.2, -0.15) is 0 Å². The highest BCUT2D eigenvalue weighted by Crippen LogP contribution is 2.04. The minimum Gasteiger partial charge on any atom is -0.444 e. The molecule has 0 aromatic carbocycles. The lowest BCUT2D eigenvalue weighted by atomic mass is 10.2. The molecule has 5 nitrogen and oxygen atoms in total. The van der Waals surface area contributed by atoms with Crippen LogP contribution in [0.15, 0.2) is 0 Å². The van der Waals surface area contributed by atoms with Crippen molar-refractivity contribution in [2.24, 2.45) is 5.73 Å². The number of amides is 1. The third-order valence-corrected chi connectivity index (χ3v) is 1.46. The molecule has 0 aliphatic carbocycles. The van der Waals surface area contributed by atoms with Gasteiger partial charge in [0.15, 0.2) is 0 Å².